The predicted octanol–water partition coefficient (Wildman–Crippen LogP) is 6.27. The number of imidazole rings is 1. The topological polar surface area (TPSA) is 30.4 Å². The van der Waals surface area contributed by atoms with Crippen molar-refractivity contribution in [1.82, 2.24) is 9.56 Å². The molecule has 4 aliphatic rings. The number of allylic oxidation sites excluding steroid dienone is 4. The molecule has 5 atom stereocenters. The highest BCUT2D eigenvalue weighted by atomic mass is 16.5. The number of nitrogens with zero attached hydrogens (tertiary/aromatic N) is 2. The van der Waals surface area contributed by atoms with Gasteiger partial charge in [0.2, 0.25) is 0 Å². The van der Waals surface area contributed by atoms with Crippen molar-refractivity contribution in [2.45, 2.75) is 65.2 Å². The van der Waals surface area contributed by atoms with Crippen molar-refractivity contribution in [3.05, 3.63) is 41.9 Å². The molecular weight excluding hydrogens is 332 g/mol. The van der Waals surface area contributed by atoms with Gasteiger partial charge in [0.1, 0.15) is 12.0 Å². The SMILES string of the molecule is CC12CCCCC1=CCC1C2CCC2(C)C(c3cnc4ccon34)=CCC12. The molecule has 27 heavy (non-hydrogen) atoms. The van der Waals surface area contributed by atoms with E-state index >= 15 is 0 Å². The minimum Gasteiger partial charge on any atom is -0.381 e. The van der Waals surface area contributed by atoms with E-state index in [9.17, 15) is 0 Å². The third kappa shape index (κ3) is 2.01. The van der Waals surface area contributed by atoms with Crippen molar-refractivity contribution >= 4 is 11.2 Å². The molecule has 0 amide bonds. The van der Waals surface area contributed by atoms with Gasteiger partial charge in [0.25, 0.3) is 0 Å². The van der Waals surface area contributed by atoms with Gasteiger partial charge in [-0.25, -0.2) is 4.98 Å². The summed E-state index contributed by atoms with van der Waals surface area (Å²) in [6, 6.07) is 1.95. The molecule has 5 unspecified atom stereocenters. The molecule has 2 aromatic rings. The molecule has 0 saturated heterocycles. The zero-order valence-corrected chi connectivity index (χ0v) is 16.6. The van der Waals surface area contributed by atoms with E-state index < -0.39 is 0 Å². The maximum absolute atomic E-state index is 5.72. The normalized spacial score (nSPS) is 40.9. The smallest absolute Gasteiger partial charge is 0.172 e. The molecule has 3 nitrogen and oxygen atoms in total. The Kier molecular flexibility index (Phi) is 3.24. The first-order valence-electron chi connectivity index (χ1n) is 10.9. The van der Waals surface area contributed by atoms with E-state index in [1.165, 1.54) is 62.6 Å². The first-order chi connectivity index (χ1) is 13.1. The maximum Gasteiger partial charge on any atom is 0.172 e. The van der Waals surface area contributed by atoms with Crippen LogP contribution in [0, 0.1) is 28.6 Å². The molecule has 2 saturated carbocycles. The Morgan fingerprint density at radius 3 is 2.93 bits per heavy atom. The highest BCUT2D eigenvalue weighted by molar-refractivity contribution is 5.72. The van der Waals surface area contributed by atoms with Crippen molar-refractivity contribution in [3.8, 4) is 0 Å². The van der Waals surface area contributed by atoms with E-state index in [0.29, 0.717) is 5.41 Å². The van der Waals surface area contributed by atoms with Crippen LogP contribution < -0.4 is 0 Å². The Morgan fingerprint density at radius 1 is 1.07 bits per heavy atom. The monoisotopic (exact) mass is 362 g/mol. The number of aromatic nitrogens is 2. The Balaban J connectivity index is 1.38. The quantitative estimate of drug-likeness (QED) is 0.559. The second-order valence-electron chi connectivity index (χ2n) is 9.98. The van der Waals surface area contributed by atoms with E-state index in [0.717, 1.165) is 23.4 Å². The molecule has 0 radical (unpaired) electrons. The molecule has 0 N–H and O–H groups in total. The number of fused-ring (bicyclic) bond motifs is 6. The third-order valence-corrected chi connectivity index (χ3v) is 9.00. The summed E-state index contributed by atoms with van der Waals surface area (Å²) in [4.78, 5) is 4.56. The zero-order chi connectivity index (χ0) is 18.2. The zero-order valence-electron chi connectivity index (χ0n) is 16.6. The van der Waals surface area contributed by atoms with E-state index in [-0.39, 0.29) is 5.41 Å². The Hall–Kier alpha value is -1.77. The minimum absolute atomic E-state index is 0.264. The average Bonchev–Trinajstić information content (AvgIpc) is 3.35. The fourth-order valence-electron chi connectivity index (χ4n) is 7.57. The minimum atomic E-state index is 0.264. The van der Waals surface area contributed by atoms with Crippen LogP contribution in [0.25, 0.3) is 11.2 Å². The van der Waals surface area contributed by atoms with Crippen LogP contribution in [-0.2, 0) is 0 Å². The Labute approximate surface area is 161 Å². The summed E-state index contributed by atoms with van der Waals surface area (Å²) in [6.45, 7) is 5.13. The first kappa shape index (κ1) is 16.2. The van der Waals surface area contributed by atoms with E-state index in [2.05, 4.69) is 31.0 Å². The van der Waals surface area contributed by atoms with Gasteiger partial charge in [0.05, 0.1) is 6.20 Å². The summed E-state index contributed by atoms with van der Waals surface area (Å²) in [5.74, 6) is 2.49. The van der Waals surface area contributed by atoms with Crippen LogP contribution in [0.4, 0.5) is 0 Å². The third-order valence-electron chi connectivity index (χ3n) is 9.00. The molecule has 0 spiro atoms. The van der Waals surface area contributed by atoms with Gasteiger partial charge in [-0.3, -0.25) is 0 Å². The molecule has 2 fully saturated rings. The summed E-state index contributed by atoms with van der Waals surface area (Å²) in [5, 5.41) is 0. The molecule has 6 rings (SSSR count). The second kappa shape index (κ2) is 5.40. The van der Waals surface area contributed by atoms with Crippen LogP contribution >= 0.6 is 0 Å². The number of hydrogen-bond acceptors (Lipinski definition) is 2. The fourth-order valence-corrected chi connectivity index (χ4v) is 7.57. The highest BCUT2D eigenvalue weighted by Gasteiger charge is 2.56. The summed E-state index contributed by atoms with van der Waals surface area (Å²) in [7, 11) is 0. The lowest BCUT2D eigenvalue weighted by atomic mass is 9.47. The standard InChI is InChI=1S/C24H30N2O/c1-23-12-4-3-5-16(23)6-7-17-18-8-9-20(24(18,2)13-10-19(17)23)21-15-25-22-11-14-27-26(21)22/h6,9,11,14-15,17-19H,3-5,7-8,10,12-13H2,1-2H3. The van der Waals surface area contributed by atoms with Gasteiger partial charge in [0.15, 0.2) is 5.65 Å². The van der Waals surface area contributed by atoms with Crippen molar-refractivity contribution in [3.63, 3.8) is 0 Å². The summed E-state index contributed by atoms with van der Waals surface area (Å²) in [6.07, 6.45) is 19.8. The van der Waals surface area contributed by atoms with Crippen LogP contribution in [0.5, 0.6) is 0 Å². The predicted molar refractivity (Wildman–Crippen MR) is 107 cm³/mol. The molecule has 0 aromatic carbocycles. The van der Waals surface area contributed by atoms with Gasteiger partial charge < -0.3 is 4.52 Å². The molecular formula is C24H30N2O. The lowest BCUT2D eigenvalue weighted by molar-refractivity contribution is -0.00999. The van der Waals surface area contributed by atoms with Crippen LogP contribution in [-0.4, -0.2) is 9.56 Å². The Morgan fingerprint density at radius 2 is 2.00 bits per heavy atom. The lowest BCUT2D eigenvalue weighted by Gasteiger charge is -2.57. The van der Waals surface area contributed by atoms with Crippen molar-refractivity contribution in [2.75, 3.05) is 0 Å². The highest BCUT2D eigenvalue weighted by Crippen LogP contribution is 2.66. The van der Waals surface area contributed by atoms with Crippen LogP contribution in [0.2, 0.25) is 0 Å². The molecule has 2 heterocycles. The second-order valence-corrected chi connectivity index (χ2v) is 9.98. The summed E-state index contributed by atoms with van der Waals surface area (Å²) in [5.41, 5.74) is 6.13. The molecule has 4 aliphatic carbocycles. The molecule has 142 valence electrons. The molecule has 0 aliphatic heterocycles. The van der Waals surface area contributed by atoms with Gasteiger partial charge in [-0.2, -0.15) is 4.57 Å². The van der Waals surface area contributed by atoms with Crippen molar-refractivity contribution < 1.29 is 4.52 Å². The lowest BCUT2D eigenvalue weighted by Crippen LogP contribution is -2.48. The van der Waals surface area contributed by atoms with Gasteiger partial charge >= 0.3 is 0 Å². The fraction of sp³-hybridized carbons (Fsp3) is 0.625. The van der Waals surface area contributed by atoms with Crippen LogP contribution in [0.15, 0.2) is 40.8 Å². The van der Waals surface area contributed by atoms with E-state index in [1.807, 2.05) is 16.8 Å². The number of rotatable bonds is 1. The van der Waals surface area contributed by atoms with Gasteiger partial charge in [-0.15, -0.1) is 0 Å². The summed E-state index contributed by atoms with van der Waals surface area (Å²) >= 11 is 0. The van der Waals surface area contributed by atoms with Gasteiger partial charge in [-0.05, 0) is 79.1 Å². The largest absolute Gasteiger partial charge is 0.381 e. The molecule has 2 aromatic heterocycles. The molecule has 0 bridgehead atoms. The Bertz CT molecular complexity index is 962. The first-order valence-corrected chi connectivity index (χ1v) is 10.9. The van der Waals surface area contributed by atoms with Crippen molar-refractivity contribution in [1.29, 1.82) is 0 Å². The van der Waals surface area contributed by atoms with Gasteiger partial charge in [-0.1, -0.05) is 38.0 Å². The molecule has 3 heteroatoms. The van der Waals surface area contributed by atoms with E-state index in [1.54, 1.807) is 11.8 Å². The van der Waals surface area contributed by atoms with E-state index in [4.69, 9.17) is 4.52 Å². The van der Waals surface area contributed by atoms with Crippen molar-refractivity contribution in [2.24, 2.45) is 28.6 Å². The average molecular weight is 363 g/mol. The van der Waals surface area contributed by atoms with Crippen LogP contribution in [0.3, 0.4) is 0 Å². The summed E-state index contributed by atoms with van der Waals surface area (Å²) < 4.78 is 7.65. The maximum atomic E-state index is 5.72. The van der Waals surface area contributed by atoms with Gasteiger partial charge in [0, 0.05) is 6.07 Å². The number of hydrogen-bond donors (Lipinski definition) is 0. The van der Waals surface area contributed by atoms with Crippen LogP contribution in [0.1, 0.15) is 70.9 Å².